The Bertz CT molecular complexity index is 1190. The highest BCUT2D eigenvalue weighted by Crippen LogP contribution is 2.29. The van der Waals surface area contributed by atoms with Gasteiger partial charge in [-0.05, 0) is 30.2 Å². The number of halogens is 1. The molecule has 2 heterocycles. The second kappa shape index (κ2) is 7.40. The first-order valence-electron chi connectivity index (χ1n) is 8.95. The van der Waals surface area contributed by atoms with E-state index in [-0.39, 0.29) is 30.6 Å². The second-order valence-corrected chi connectivity index (χ2v) is 6.59. The number of aromatic hydroxyl groups is 2. The fourth-order valence-electron chi connectivity index (χ4n) is 3.32. The molecule has 0 amide bonds. The van der Waals surface area contributed by atoms with E-state index in [1.54, 1.807) is 12.1 Å². The number of anilines is 2. The number of hydrogen-bond donors (Lipinski definition) is 5. The first kappa shape index (κ1) is 18.7. The number of nitrogens with one attached hydrogen (secondary N) is 1. The number of hydrogen-bond acceptors (Lipinski definition) is 8. The molecule has 0 fully saturated rings. The summed E-state index contributed by atoms with van der Waals surface area (Å²) in [6.07, 6.45) is 0.828. The minimum absolute atomic E-state index is 0.0386. The van der Waals surface area contributed by atoms with Gasteiger partial charge in [0.2, 0.25) is 5.95 Å². The molecule has 0 aliphatic carbocycles. The van der Waals surface area contributed by atoms with E-state index in [1.807, 2.05) is 0 Å². The number of aryl methyl sites for hydroxylation is 2. The zero-order valence-electron chi connectivity index (χ0n) is 15.3. The molecule has 0 atom stereocenters. The van der Waals surface area contributed by atoms with Gasteiger partial charge in [0.1, 0.15) is 23.1 Å². The highest BCUT2D eigenvalue weighted by Gasteiger charge is 2.17. The van der Waals surface area contributed by atoms with Gasteiger partial charge in [-0.25, -0.2) is 9.37 Å². The van der Waals surface area contributed by atoms with Crippen molar-refractivity contribution in [2.75, 3.05) is 24.2 Å². The first-order chi connectivity index (χ1) is 13.9. The lowest BCUT2D eigenvalue weighted by molar-refractivity contribution is 0.311. The topological polar surface area (TPSA) is 142 Å². The van der Waals surface area contributed by atoms with E-state index in [9.17, 15) is 14.6 Å². The van der Waals surface area contributed by atoms with Gasteiger partial charge < -0.3 is 26.4 Å². The molecule has 0 bridgehead atoms. The molecule has 29 heavy (non-hydrogen) atoms. The van der Waals surface area contributed by atoms with Gasteiger partial charge in [-0.2, -0.15) is 9.50 Å². The van der Waals surface area contributed by atoms with E-state index < -0.39 is 5.82 Å². The van der Waals surface area contributed by atoms with Crippen LogP contribution in [0.4, 0.5) is 16.0 Å². The average molecular weight is 398 g/mol. The first-order valence-corrected chi connectivity index (χ1v) is 8.95. The number of nitrogen functional groups attached to an aromatic ring is 1. The van der Waals surface area contributed by atoms with Gasteiger partial charge >= 0.3 is 0 Å². The molecular formula is C19H19FN6O3. The van der Waals surface area contributed by atoms with E-state index >= 15 is 0 Å². The van der Waals surface area contributed by atoms with Gasteiger partial charge in [0.15, 0.2) is 5.65 Å². The molecule has 2 aromatic heterocycles. The summed E-state index contributed by atoms with van der Waals surface area (Å²) in [5, 5.41) is 36.1. The Hall–Kier alpha value is -3.66. The van der Waals surface area contributed by atoms with Gasteiger partial charge in [0, 0.05) is 25.1 Å². The Balaban J connectivity index is 1.81. The van der Waals surface area contributed by atoms with Gasteiger partial charge in [0.25, 0.3) is 0 Å². The SMILES string of the molecule is Nc1nc2c3c(NCCO)cc(F)cc3nc(CCc3cc(O)cc(O)c3)n2n1. The van der Waals surface area contributed by atoms with Gasteiger partial charge in [-0.1, -0.05) is 0 Å². The molecule has 6 N–H and O–H groups in total. The van der Waals surface area contributed by atoms with Crippen LogP contribution in [0.25, 0.3) is 16.6 Å². The maximum atomic E-state index is 14.1. The lowest BCUT2D eigenvalue weighted by atomic mass is 10.1. The average Bonchev–Trinajstić information content (AvgIpc) is 3.04. The van der Waals surface area contributed by atoms with Crippen molar-refractivity contribution in [3.63, 3.8) is 0 Å². The Labute approximate surface area is 164 Å². The number of fused-ring (bicyclic) bond motifs is 3. The van der Waals surface area contributed by atoms with E-state index in [2.05, 4.69) is 20.4 Å². The molecule has 0 saturated carbocycles. The van der Waals surface area contributed by atoms with Crippen LogP contribution in [0.2, 0.25) is 0 Å². The lowest BCUT2D eigenvalue weighted by Crippen LogP contribution is -2.09. The number of nitrogens with two attached hydrogens (primary N) is 1. The molecule has 150 valence electrons. The van der Waals surface area contributed by atoms with Gasteiger partial charge in [-0.15, -0.1) is 5.10 Å². The fourth-order valence-corrected chi connectivity index (χ4v) is 3.32. The number of aliphatic hydroxyl groups excluding tert-OH is 1. The van der Waals surface area contributed by atoms with E-state index in [4.69, 9.17) is 10.8 Å². The number of aromatic nitrogens is 4. The van der Waals surface area contributed by atoms with Crippen LogP contribution >= 0.6 is 0 Å². The van der Waals surface area contributed by atoms with Crippen molar-refractivity contribution in [2.45, 2.75) is 12.8 Å². The molecule has 10 heteroatoms. The van der Waals surface area contributed by atoms with Crippen LogP contribution in [-0.4, -0.2) is 48.1 Å². The molecule has 0 radical (unpaired) electrons. The van der Waals surface area contributed by atoms with Crippen molar-refractivity contribution in [3.8, 4) is 11.5 Å². The highest BCUT2D eigenvalue weighted by molar-refractivity contribution is 6.01. The quantitative estimate of drug-likeness (QED) is 0.330. The molecule has 0 aliphatic heterocycles. The van der Waals surface area contributed by atoms with E-state index in [1.165, 1.54) is 22.7 Å². The molecule has 0 unspecified atom stereocenters. The standard InChI is InChI=1S/C19H19FN6O3/c20-11-7-14(22-3-4-27)17-15(8-11)23-16(26-18(17)24-19(21)25-26)2-1-10-5-12(28)9-13(29)6-10/h5-9,22,27-29H,1-4H2,(H2,21,25). The highest BCUT2D eigenvalue weighted by atomic mass is 19.1. The monoisotopic (exact) mass is 398 g/mol. The maximum absolute atomic E-state index is 14.1. The van der Waals surface area contributed by atoms with Crippen LogP contribution in [0.15, 0.2) is 30.3 Å². The summed E-state index contributed by atoms with van der Waals surface area (Å²) in [6, 6.07) is 6.94. The maximum Gasteiger partial charge on any atom is 0.240 e. The largest absolute Gasteiger partial charge is 0.508 e. The number of benzene rings is 2. The van der Waals surface area contributed by atoms with Crippen molar-refractivity contribution in [3.05, 3.63) is 47.5 Å². The molecule has 9 nitrogen and oxygen atoms in total. The van der Waals surface area contributed by atoms with Crippen LogP contribution in [0.5, 0.6) is 11.5 Å². The summed E-state index contributed by atoms with van der Waals surface area (Å²) >= 11 is 0. The minimum Gasteiger partial charge on any atom is -0.508 e. The number of nitrogens with zero attached hydrogens (tertiary/aromatic N) is 4. The van der Waals surface area contributed by atoms with Crippen molar-refractivity contribution in [1.82, 2.24) is 19.6 Å². The Morgan fingerprint density at radius 2 is 1.79 bits per heavy atom. The molecule has 0 saturated heterocycles. The molecule has 0 aliphatic rings. The summed E-state index contributed by atoms with van der Waals surface area (Å²) in [4.78, 5) is 8.81. The zero-order valence-corrected chi connectivity index (χ0v) is 15.3. The van der Waals surface area contributed by atoms with Gasteiger partial charge in [-0.3, -0.25) is 0 Å². The predicted octanol–water partition coefficient (Wildman–Crippen LogP) is 1.60. The van der Waals surface area contributed by atoms with Crippen LogP contribution in [0, 0.1) is 5.82 Å². The van der Waals surface area contributed by atoms with Crippen molar-refractivity contribution < 1.29 is 19.7 Å². The normalized spacial score (nSPS) is 11.4. The Kier molecular flexibility index (Phi) is 4.77. The summed E-state index contributed by atoms with van der Waals surface area (Å²) in [7, 11) is 0. The molecule has 4 aromatic rings. The summed E-state index contributed by atoms with van der Waals surface area (Å²) in [6.45, 7) is 0.114. The van der Waals surface area contributed by atoms with Gasteiger partial charge in [0.05, 0.1) is 23.2 Å². The number of rotatable bonds is 6. The summed E-state index contributed by atoms with van der Waals surface area (Å²) in [5.41, 5.74) is 7.74. The molecule has 0 spiro atoms. The third-order valence-corrected chi connectivity index (χ3v) is 4.45. The lowest BCUT2D eigenvalue weighted by Gasteiger charge is -2.12. The third kappa shape index (κ3) is 3.69. The van der Waals surface area contributed by atoms with Crippen molar-refractivity contribution in [1.29, 1.82) is 0 Å². The van der Waals surface area contributed by atoms with E-state index in [0.717, 1.165) is 0 Å². The van der Waals surface area contributed by atoms with Crippen molar-refractivity contribution >= 4 is 28.2 Å². The molecule has 4 rings (SSSR count). The van der Waals surface area contributed by atoms with Crippen LogP contribution < -0.4 is 11.1 Å². The number of aliphatic hydroxyl groups is 1. The zero-order chi connectivity index (χ0) is 20.5. The molecular weight excluding hydrogens is 379 g/mol. The smallest absolute Gasteiger partial charge is 0.240 e. The Morgan fingerprint density at radius 3 is 2.52 bits per heavy atom. The minimum atomic E-state index is -0.480. The predicted molar refractivity (Wildman–Crippen MR) is 105 cm³/mol. The van der Waals surface area contributed by atoms with Crippen LogP contribution in [-0.2, 0) is 12.8 Å². The molecule has 2 aromatic carbocycles. The summed E-state index contributed by atoms with van der Waals surface area (Å²) < 4.78 is 15.6. The fraction of sp³-hybridized carbons (Fsp3) is 0.211. The van der Waals surface area contributed by atoms with Crippen LogP contribution in [0.1, 0.15) is 11.4 Å². The van der Waals surface area contributed by atoms with Crippen molar-refractivity contribution in [2.24, 2.45) is 0 Å². The van der Waals surface area contributed by atoms with E-state index in [0.29, 0.717) is 46.5 Å². The second-order valence-electron chi connectivity index (χ2n) is 6.59. The third-order valence-electron chi connectivity index (χ3n) is 4.45. The number of phenolic OH excluding ortho intramolecular Hbond substituents is 2. The summed E-state index contributed by atoms with van der Waals surface area (Å²) in [5.74, 6) is -0.0102. The van der Waals surface area contributed by atoms with Crippen LogP contribution in [0.3, 0.4) is 0 Å². The Morgan fingerprint density at radius 1 is 1.03 bits per heavy atom. The number of phenols is 2.